The second-order valence-corrected chi connectivity index (χ2v) is 7.33. The lowest BCUT2D eigenvalue weighted by Crippen LogP contribution is -2.34. The molecule has 2 aromatic rings. The van der Waals surface area contributed by atoms with Gasteiger partial charge in [0.25, 0.3) is 0 Å². The van der Waals surface area contributed by atoms with E-state index in [-0.39, 0.29) is 6.04 Å². The maximum absolute atomic E-state index is 10.7. The third kappa shape index (κ3) is 4.49. The molecule has 0 spiro atoms. The molecule has 134 valence electrons. The van der Waals surface area contributed by atoms with E-state index < -0.39 is 0 Å². The highest BCUT2D eigenvalue weighted by Gasteiger charge is 2.19. The van der Waals surface area contributed by atoms with Crippen molar-refractivity contribution in [3.63, 3.8) is 0 Å². The molecule has 0 aliphatic rings. The predicted molar refractivity (Wildman–Crippen MR) is 106 cm³/mol. The van der Waals surface area contributed by atoms with Crippen molar-refractivity contribution >= 4 is 11.5 Å². The topological polar surface area (TPSA) is 35.8 Å². The molecule has 0 aliphatic heterocycles. The Morgan fingerprint density at radius 3 is 1.76 bits per heavy atom. The molecule has 0 unspecified atom stereocenters. The number of rotatable bonds is 5. The molecule has 2 aromatic carbocycles. The molecule has 3 heteroatoms. The minimum Gasteiger partial charge on any atom is -0.287 e. The summed E-state index contributed by atoms with van der Waals surface area (Å²) in [6, 6.07) is 16.2. The van der Waals surface area contributed by atoms with E-state index in [4.69, 9.17) is 4.99 Å². The highest BCUT2D eigenvalue weighted by molar-refractivity contribution is 6.00. The largest absolute Gasteiger partial charge is 0.287 e. The molecule has 1 N–H and O–H groups in total. The van der Waals surface area contributed by atoms with Crippen molar-refractivity contribution in [2.24, 2.45) is 4.99 Å². The molecular formula is C22H30N2O. The van der Waals surface area contributed by atoms with Gasteiger partial charge < -0.3 is 0 Å². The number of nitrogens with zero attached hydrogens (tertiary/aromatic N) is 2. The molecule has 0 heterocycles. The summed E-state index contributed by atoms with van der Waals surface area (Å²) >= 11 is 0. The van der Waals surface area contributed by atoms with Crippen LogP contribution in [0.1, 0.15) is 70.1 Å². The van der Waals surface area contributed by atoms with Gasteiger partial charge in [0.05, 0.1) is 11.7 Å². The van der Waals surface area contributed by atoms with E-state index in [1.165, 1.54) is 16.2 Å². The van der Waals surface area contributed by atoms with Crippen molar-refractivity contribution in [2.75, 3.05) is 0 Å². The second kappa shape index (κ2) is 8.30. The first-order valence-electron chi connectivity index (χ1n) is 9.08. The molecule has 0 aromatic heterocycles. The fourth-order valence-corrected chi connectivity index (χ4v) is 2.83. The summed E-state index contributed by atoms with van der Waals surface area (Å²) in [5.41, 5.74) is 4.30. The number of hydroxylamine groups is 2. The maximum Gasteiger partial charge on any atom is 0.160 e. The standard InChI is InChI=1S/C22H30N2O/c1-15(2)19-13-10-14-20(16(3)4)21(19)23-22(24(25)17(5)6)18-11-8-7-9-12-18/h7-17,25H,1-6H3. The Morgan fingerprint density at radius 1 is 0.800 bits per heavy atom. The molecule has 0 fully saturated rings. The van der Waals surface area contributed by atoms with Crippen LogP contribution < -0.4 is 0 Å². The molecule has 0 saturated carbocycles. The van der Waals surface area contributed by atoms with E-state index in [2.05, 4.69) is 45.9 Å². The quantitative estimate of drug-likeness (QED) is 0.405. The fourth-order valence-electron chi connectivity index (χ4n) is 2.83. The normalized spacial score (nSPS) is 12.3. The lowest BCUT2D eigenvalue weighted by molar-refractivity contribution is -0.0412. The summed E-state index contributed by atoms with van der Waals surface area (Å²) in [6.45, 7) is 12.6. The van der Waals surface area contributed by atoms with Gasteiger partial charge in [-0.15, -0.1) is 0 Å². The third-order valence-corrected chi connectivity index (χ3v) is 4.30. The van der Waals surface area contributed by atoms with Crippen LogP contribution in [0.4, 0.5) is 5.69 Å². The van der Waals surface area contributed by atoms with Gasteiger partial charge in [-0.05, 0) is 36.8 Å². The first-order valence-corrected chi connectivity index (χ1v) is 9.08. The number of aliphatic imine (C=N–C) groups is 1. The first kappa shape index (κ1) is 19.2. The molecule has 3 nitrogen and oxygen atoms in total. The van der Waals surface area contributed by atoms with Gasteiger partial charge in [-0.3, -0.25) is 5.21 Å². The molecule has 0 radical (unpaired) electrons. The monoisotopic (exact) mass is 338 g/mol. The second-order valence-electron chi connectivity index (χ2n) is 7.33. The van der Waals surface area contributed by atoms with Crippen molar-refractivity contribution in [1.82, 2.24) is 5.06 Å². The Balaban J connectivity index is 2.71. The van der Waals surface area contributed by atoms with Crippen LogP contribution in [0.25, 0.3) is 0 Å². The van der Waals surface area contributed by atoms with Crippen molar-refractivity contribution in [2.45, 2.75) is 59.4 Å². The number of hydrogen-bond donors (Lipinski definition) is 1. The van der Waals surface area contributed by atoms with Gasteiger partial charge in [0, 0.05) is 5.56 Å². The summed E-state index contributed by atoms with van der Waals surface area (Å²) < 4.78 is 0. The summed E-state index contributed by atoms with van der Waals surface area (Å²) in [7, 11) is 0. The van der Waals surface area contributed by atoms with Gasteiger partial charge in [-0.25, -0.2) is 10.1 Å². The average molecular weight is 338 g/mol. The zero-order valence-electron chi connectivity index (χ0n) is 16.2. The Kier molecular flexibility index (Phi) is 6.38. The van der Waals surface area contributed by atoms with Crippen molar-refractivity contribution in [1.29, 1.82) is 0 Å². The Labute approximate surface area is 152 Å². The smallest absolute Gasteiger partial charge is 0.160 e. The fraction of sp³-hybridized carbons (Fsp3) is 0.409. The average Bonchev–Trinajstić information content (AvgIpc) is 2.59. The van der Waals surface area contributed by atoms with Gasteiger partial charge in [-0.2, -0.15) is 0 Å². The van der Waals surface area contributed by atoms with Crippen molar-refractivity contribution < 1.29 is 5.21 Å². The molecule has 0 amide bonds. The highest BCUT2D eigenvalue weighted by atomic mass is 16.5. The van der Waals surface area contributed by atoms with Gasteiger partial charge in [0.1, 0.15) is 0 Å². The Hall–Kier alpha value is -2.13. The molecule has 0 bridgehead atoms. The van der Waals surface area contributed by atoms with Crippen LogP contribution in [0.3, 0.4) is 0 Å². The zero-order valence-corrected chi connectivity index (χ0v) is 16.2. The summed E-state index contributed by atoms with van der Waals surface area (Å²) in [4.78, 5) is 4.99. The molecular weight excluding hydrogens is 308 g/mol. The zero-order chi connectivity index (χ0) is 18.6. The minimum absolute atomic E-state index is 0.0623. The molecule has 0 aliphatic carbocycles. The van der Waals surface area contributed by atoms with Crippen LogP contribution in [0.15, 0.2) is 53.5 Å². The Morgan fingerprint density at radius 2 is 1.32 bits per heavy atom. The van der Waals surface area contributed by atoms with E-state index in [0.29, 0.717) is 17.7 Å². The Bertz CT molecular complexity index is 692. The number of amidine groups is 1. The van der Waals surface area contributed by atoms with Gasteiger partial charge in [0.15, 0.2) is 5.84 Å². The molecule has 2 rings (SSSR count). The lowest BCUT2D eigenvalue weighted by atomic mass is 9.93. The van der Waals surface area contributed by atoms with Crippen LogP contribution in [-0.2, 0) is 0 Å². The van der Waals surface area contributed by atoms with Crippen LogP contribution >= 0.6 is 0 Å². The third-order valence-electron chi connectivity index (χ3n) is 4.30. The van der Waals surface area contributed by atoms with Crippen LogP contribution in [0.5, 0.6) is 0 Å². The summed E-state index contributed by atoms with van der Waals surface area (Å²) in [6.07, 6.45) is 0. The van der Waals surface area contributed by atoms with Gasteiger partial charge in [0.2, 0.25) is 0 Å². The molecule has 0 saturated heterocycles. The number of benzene rings is 2. The van der Waals surface area contributed by atoms with Gasteiger partial charge in [-0.1, -0.05) is 76.2 Å². The van der Waals surface area contributed by atoms with E-state index >= 15 is 0 Å². The molecule has 25 heavy (non-hydrogen) atoms. The van der Waals surface area contributed by atoms with Crippen LogP contribution in [0.2, 0.25) is 0 Å². The summed E-state index contributed by atoms with van der Waals surface area (Å²) in [5, 5.41) is 11.9. The molecule has 0 atom stereocenters. The van der Waals surface area contributed by atoms with Crippen LogP contribution in [0, 0.1) is 0 Å². The lowest BCUT2D eigenvalue weighted by Gasteiger charge is -2.25. The van der Waals surface area contributed by atoms with Crippen molar-refractivity contribution in [3.05, 3.63) is 65.2 Å². The number of para-hydroxylation sites is 1. The SMILES string of the molecule is CC(C)c1cccc(C(C)C)c1N=C(c1ccccc1)N(O)C(C)C. The van der Waals surface area contributed by atoms with E-state index in [0.717, 1.165) is 11.3 Å². The maximum atomic E-state index is 10.7. The van der Waals surface area contributed by atoms with E-state index in [1.54, 1.807) is 0 Å². The van der Waals surface area contributed by atoms with Crippen LogP contribution in [-0.4, -0.2) is 22.1 Å². The highest BCUT2D eigenvalue weighted by Crippen LogP contribution is 2.35. The van der Waals surface area contributed by atoms with Gasteiger partial charge >= 0.3 is 0 Å². The van der Waals surface area contributed by atoms with E-state index in [1.807, 2.05) is 44.2 Å². The summed E-state index contributed by atoms with van der Waals surface area (Å²) in [5.74, 6) is 1.31. The van der Waals surface area contributed by atoms with Crippen molar-refractivity contribution in [3.8, 4) is 0 Å². The number of hydrogen-bond acceptors (Lipinski definition) is 2. The predicted octanol–water partition coefficient (Wildman–Crippen LogP) is 6.11. The first-order chi connectivity index (χ1) is 11.8. The minimum atomic E-state index is -0.0623. The van der Waals surface area contributed by atoms with E-state index in [9.17, 15) is 5.21 Å².